The Hall–Kier alpha value is -3.20. The molecule has 1 aliphatic rings. The van der Waals surface area contributed by atoms with E-state index in [1.807, 2.05) is 0 Å². The van der Waals surface area contributed by atoms with Crippen molar-refractivity contribution in [3.05, 3.63) is 76.7 Å². The van der Waals surface area contributed by atoms with Crippen LogP contribution in [0.2, 0.25) is 0 Å². The zero-order valence-corrected chi connectivity index (χ0v) is 18.7. The van der Waals surface area contributed by atoms with Gasteiger partial charge < -0.3 is 9.84 Å². The summed E-state index contributed by atoms with van der Waals surface area (Å²) in [6.45, 7) is 4.44. The van der Waals surface area contributed by atoms with Gasteiger partial charge in [0.1, 0.15) is 5.82 Å². The van der Waals surface area contributed by atoms with E-state index in [0.717, 1.165) is 49.2 Å². The van der Waals surface area contributed by atoms with Gasteiger partial charge in [0.25, 0.3) is 5.91 Å². The molecule has 1 aliphatic heterocycles. The normalized spacial score (nSPS) is 15.4. The van der Waals surface area contributed by atoms with Crippen LogP contribution in [0.3, 0.4) is 0 Å². The third-order valence-electron chi connectivity index (χ3n) is 6.08. The van der Waals surface area contributed by atoms with Crippen LogP contribution in [0, 0.1) is 18.7 Å². The van der Waals surface area contributed by atoms with E-state index in [1.54, 1.807) is 19.1 Å². The lowest BCUT2D eigenvalue weighted by atomic mass is 9.96. The molecule has 4 rings (SSSR count). The summed E-state index contributed by atoms with van der Waals surface area (Å²) in [7, 11) is 0. The highest BCUT2D eigenvalue weighted by molar-refractivity contribution is 5.93. The molecule has 0 saturated carbocycles. The molecular weight excluding hydrogens is 450 g/mol. The predicted octanol–water partition coefficient (Wildman–Crippen LogP) is 5.45. The number of rotatable bonds is 6. The maximum atomic E-state index is 14.1. The van der Waals surface area contributed by atoms with E-state index in [2.05, 4.69) is 15.4 Å². The lowest BCUT2D eigenvalue weighted by Crippen LogP contribution is -2.38. The highest BCUT2D eigenvalue weighted by Crippen LogP contribution is 2.29. The number of hydrogen-bond donors (Lipinski definition) is 1. The Balaban J connectivity index is 1.23. The van der Waals surface area contributed by atoms with Crippen molar-refractivity contribution in [1.29, 1.82) is 0 Å². The van der Waals surface area contributed by atoms with Gasteiger partial charge in [0.05, 0.1) is 11.1 Å². The molecule has 1 aromatic heterocycles. The molecule has 0 unspecified atom stereocenters. The lowest BCUT2D eigenvalue weighted by molar-refractivity contribution is -0.137. The van der Waals surface area contributed by atoms with Gasteiger partial charge in [-0.15, -0.1) is 0 Å². The number of hydrogen-bond acceptors (Lipinski definition) is 4. The van der Waals surface area contributed by atoms with Crippen LogP contribution in [0.15, 0.2) is 53.1 Å². The summed E-state index contributed by atoms with van der Waals surface area (Å²) in [6.07, 6.45) is -2.61. The van der Waals surface area contributed by atoms with Gasteiger partial charge in [0.15, 0.2) is 11.5 Å². The fourth-order valence-electron chi connectivity index (χ4n) is 4.06. The van der Waals surface area contributed by atoms with Gasteiger partial charge in [-0.3, -0.25) is 9.69 Å². The Bertz CT molecular complexity index is 1130. The number of aromatic nitrogens is 1. The zero-order valence-electron chi connectivity index (χ0n) is 18.7. The van der Waals surface area contributed by atoms with Crippen molar-refractivity contribution in [2.75, 3.05) is 19.6 Å². The summed E-state index contributed by atoms with van der Waals surface area (Å²) < 4.78 is 57.4. The molecule has 0 bridgehead atoms. The molecule has 5 nitrogen and oxygen atoms in total. The standard InChI is InChI=1S/C25H25F4N3O2/c1-16-2-7-20(21(26)12-16)23-13-22(31-34-23)24(33)30-14-17-8-10-32(11-9-17)15-18-3-5-19(6-4-18)25(27,28)29/h2-7,12-13,17H,8-11,14-15H2,1H3,(H,30,33). The number of likely N-dealkylation sites (tertiary alicyclic amines) is 1. The number of carbonyl (C=O) groups excluding carboxylic acids is 1. The topological polar surface area (TPSA) is 58.4 Å². The Kier molecular flexibility index (Phi) is 7.02. The third-order valence-corrected chi connectivity index (χ3v) is 6.08. The average molecular weight is 475 g/mol. The molecule has 2 heterocycles. The molecular formula is C25H25F4N3O2. The SMILES string of the molecule is Cc1ccc(-c2cc(C(=O)NCC3CCN(Cc4ccc(C(F)(F)F)cc4)CC3)no2)c(F)c1. The first-order valence-corrected chi connectivity index (χ1v) is 11.1. The van der Waals surface area contributed by atoms with Crippen molar-refractivity contribution < 1.29 is 26.9 Å². The van der Waals surface area contributed by atoms with Crippen LogP contribution in [0.5, 0.6) is 0 Å². The van der Waals surface area contributed by atoms with Gasteiger partial charge in [-0.1, -0.05) is 23.4 Å². The van der Waals surface area contributed by atoms with Gasteiger partial charge in [-0.25, -0.2) is 4.39 Å². The van der Waals surface area contributed by atoms with Crippen molar-refractivity contribution in [3.8, 4) is 11.3 Å². The number of alkyl halides is 3. The number of piperidine rings is 1. The van der Waals surface area contributed by atoms with Gasteiger partial charge in [0, 0.05) is 19.2 Å². The summed E-state index contributed by atoms with van der Waals surface area (Å²) >= 11 is 0. The highest BCUT2D eigenvalue weighted by atomic mass is 19.4. The minimum Gasteiger partial charge on any atom is -0.355 e. The Morgan fingerprint density at radius 1 is 1.12 bits per heavy atom. The number of nitrogens with zero attached hydrogens (tertiary/aromatic N) is 2. The van der Waals surface area contributed by atoms with Crippen molar-refractivity contribution in [1.82, 2.24) is 15.4 Å². The molecule has 0 spiro atoms. The first-order valence-electron chi connectivity index (χ1n) is 11.1. The van der Waals surface area contributed by atoms with E-state index in [1.165, 1.54) is 24.3 Å². The van der Waals surface area contributed by atoms with Crippen LogP contribution >= 0.6 is 0 Å². The molecule has 1 fully saturated rings. The number of nitrogens with one attached hydrogen (secondary N) is 1. The zero-order chi connectivity index (χ0) is 24.3. The second-order valence-electron chi connectivity index (χ2n) is 8.68. The number of halogens is 4. The molecule has 3 aromatic rings. The highest BCUT2D eigenvalue weighted by Gasteiger charge is 2.30. The lowest BCUT2D eigenvalue weighted by Gasteiger charge is -2.32. The maximum Gasteiger partial charge on any atom is 0.416 e. The van der Waals surface area contributed by atoms with E-state index in [4.69, 9.17) is 4.52 Å². The maximum absolute atomic E-state index is 14.1. The van der Waals surface area contributed by atoms with E-state index in [-0.39, 0.29) is 28.8 Å². The van der Waals surface area contributed by atoms with Crippen LogP contribution < -0.4 is 5.32 Å². The largest absolute Gasteiger partial charge is 0.416 e. The summed E-state index contributed by atoms with van der Waals surface area (Å²) in [5.41, 5.74) is 1.32. The molecule has 1 N–H and O–H groups in total. The second-order valence-corrected chi connectivity index (χ2v) is 8.68. The number of aryl methyl sites for hydroxylation is 1. The van der Waals surface area contributed by atoms with E-state index >= 15 is 0 Å². The molecule has 0 aliphatic carbocycles. The first kappa shape index (κ1) is 23.9. The van der Waals surface area contributed by atoms with Gasteiger partial charge >= 0.3 is 6.18 Å². The molecule has 9 heteroatoms. The number of carbonyl (C=O) groups is 1. The summed E-state index contributed by atoms with van der Waals surface area (Å²) in [4.78, 5) is 14.7. The van der Waals surface area contributed by atoms with Gasteiger partial charge in [-0.2, -0.15) is 13.2 Å². The minimum absolute atomic E-state index is 0.0923. The fourth-order valence-corrected chi connectivity index (χ4v) is 4.06. The molecule has 2 aromatic carbocycles. The van der Waals surface area contributed by atoms with Crippen LogP contribution in [-0.2, 0) is 12.7 Å². The quantitative estimate of drug-likeness (QED) is 0.482. The second kappa shape index (κ2) is 9.97. The van der Waals surface area contributed by atoms with E-state index < -0.39 is 17.6 Å². The fraction of sp³-hybridized carbons (Fsp3) is 0.360. The van der Waals surface area contributed by atoms with E-state index in [0.29, 0.717) is 13.1 Å². The summed E-state index contributed by atoms with van der Waals surface area (Å²) in [6, 6.07) is 11.4. The number of amides is 1. The van der Waals surface area contributed by atoms with Crippen LogP contribution in [0.1, 0.15) is 40.0 Å². The molecule has 180 valence electrons. The smallest absolute Gasteiger partial charge is 0.355 e. The Labute approximate surface area is 194 Å². The molecule has 1 saturated heterocycles. The summed E-state index contributed by atoms with van der Waals surface area (Å²) in [5.74, 6) is -0.339. The monoisotopic (exact) mass is 475 g/mol. The summed E-state index contributed by atoms with van der Waals surface area (Å²) in [5, 5.41) is 6.63. The Morgan fingerprint density at radius 2 is 1.82 bits per heavy atom. The van der Waals surface area contributed by atoms with Gasteiger partial charge in [0.2, 0.25) is 0 Å². The van der Waals surface area contributed by atoms with Crippen LogP contribution in [0.4, 0.5) is 17.6 Å². The molecule has 0 radical (unpaired) electrons. The van der Waals surface area contributed by atoms with E-state index in [9.17, 15) is 22.4 Å². The Morgan fingerprint density at radius 3 is 2.47 bits per heavy atom. The van der Waals surface area contributed by atoms with Crippen molar-refractivity contribution in [3.63, 3.8) is 0 Å². The van der Waals surface area contributed by atoms with Gasteiger partial charge in [-0.05, 0) is 74.2 Å². The van der Waals surface area contributed by atoms with Crippen LogP contribution in [-0.4, -0.2) is 35.6 Å². The predicted molar refractivity (Wildman–Crippen MR) is 118 cm³/mol. The molecule has 34 heavy (non-hydrogen) atoms. The first-order chi connectivity index (χ1) is 16.2. The average Bonchev–Trinajstić information content (AvgIpc) is 3.28. The minimum atomic E-state index is -4.33. The molecule has 0 atom stereocenters. The number of benzene rings is 2. The van der Waals surface area contributed by atoms with Crippen LogP contribution in [0.25, 0.3) is 11.3 Å². The van der Waals surface area contributed by atoms with Crippen molar-refractivity contribution in [2.45, 2.75) is 32.5 Å². The third kappa shape index (κ3) is 5.83. The van der Waals surface area contributed by atoms with Crippen molar-refractivity contribution in [2.24, 2.45) is 5.92 Å². The van der Waals surface area contributed by atoms with Crippen molar-refractivity contribution >= 4 is 5.91 Å². The molecule has 1 amide bonds.